The minimum Gasteiger partial charge on any atom is -0.376 e. The highest BCUT2D eigenvalue weighted by molar-refractivity contribution is 4.66. The summed E-state index contributed by atoms with van der Waals surface area (Å²) in [4.78, 5) is 0. The van der Waals surface area contributed by atoms with Crippen molar-refractivity contribution in [3.8, 4) is 0 Å². The van der Waals surface area contributed by atoms with Gasteiger partial charge in [-0.25, -0.2) is 0 Å². The molecule has 1 heterocycles. The molecule has 0 spiro atoms. The molecule has 0 amide bonds. The molecule has 0 radical (unpaired) electrons. The molecule has 1 aliphatic heterocycles. The van der Waals surface area contributed by atoms with Gasteiger partial charge in [-0.05, 0) is 19.4 Å². The van der Waals surface area contributed by atoms with Crippen molar-refractivity contribution < 1.29 is 4.74 Å². The molecule has 0 saturated carbocycles. The zero-order valence-corrected chi connectivity index (χ0v) is 11.0. The van der Waals surface area contributed by atoms with Gasteiger partial charge in [0.25, 0.3) is 0 Å². The highest BCUT2D eigenvalue weighted by Crippen LogP contribution is 2.11. The summed E-state index contributed by atoms with van der Waals surface area (Å²) in [6, 6.07) is 0. The number of nitrogens with one attached hydrogen (secondary N) is 1. The minimum absolute atomic E-state index is 0.475. The van der Waals surface area contributed by atoms with Crippen LogP contribution in [0, 0.1) is 0 Å². The smallest absolute Gasteiger partial charge is 0.0700 e. The van der Waals surface area contributed by atoms with E-state index in [9.17, 15) is 0 Å². The van der Waals surface area contributed by atoms with E-state index in [2.05, 4.69) is 17.0 Å². The lowest BCUT2D eigenvalue weighted by Gasteiger charge is -2.23. The average molecular weight is 246 g/mol. The van der Waals surface area contributed by atoms with Crippen molar-refractivity contribution in [1.82, 2.24) is 5.32 Å². The van der Waals surface area contributed by atoms with E-state index in [0.29, 0.717) is 6.10 Å². The van der Waals surface area contributed by atoms with Crippen LogP contribution >= 0.6 is 0 Å². The molecule has 0 aromatic rings. The van der Waals surface area contributed by atoms with Crippen LogP contribution in [0.3, 0.4) is 0 Å². The molecule has 1 rings (SSSR count). The number of nitrogens with two attached hydrogens (primary N) is 3. The van der Waals surface area contributed by atoms with E-state index in [0.717, 1.165) is 26.2 Å². The van der Waals surface area contributed by atoms with Crippen molar-refractivity contribution in [3.63, 3.8) is 0 Å². The highest BCUT2D eigenvalue weighted by atomic mass is 16.5. The van der Waals surface area contributed by atoms with Crippen molar-refractivity contribution in [2.45, 2.75) is 51.0 Å². The van der Waals surface area contributed by atoms with E-state index in [1.807, 2.05) is 0 Å². The second-order valence-electron chi connectivity index (χ2n) is 4.40. The molecule has 1 atom stereocenters. The Kier molecular flexibility index (Phi) is 13.7. The van der Waals surface area contributed by atoms with Gasteiger partial charge in [-0.3, -0.25) is 11.7 Å². The SMILES string of the molecule is NCCCCCCCCC1CNCCO1.NN. The van der Waals surface area contributed by atoms with Crippen LogP contribution in [0.1, 0.15) is 44.9 Å². The van der Waals surface area contributed by atoms with Gasteiger partial charge in [-0.1, -0.05) is 32.1 Å². The lowest BCUT2D eigenvalue weighted by molar-refractivity contribution is 0.0220. The molecular weight excluding hydrogens is 216 g/mol. The van der Waals surface area contributed by atoms with Gasteiger partial charge in [-0.15, -0.1) is 0 Å². The van der Waals surface area contributed by atoms with E-state index >= 15 is 0 Å². The van der Waals surface area contributed by atoms with Crippen LogP contribution in [0.2, 0.25) is 0 Å². The fraction of sp³-hybridized carbons (Fsp3) is 1.00. The molecule has 0 aliphatic carbocycles. The van der Waals surface area contributed by atoms with Crippen LogP contribution in [-0.4, -0.2) is 32.3 Å². The summed E-state index contributed by atoms with van der Waals surface area (Å²) in [6.07, 6.45) is 9.57. The molecular formula is C12H30N4O. The third-order valence-corrected chi connectivity index (χ3v) is 2.98. The summed E-state index contributed by atoms with van der Waals surface area (Å²) in [5, 5.41) is 3.36. The fourth-order valence-corrected chi connectivity index (χ4v) is 2.03. The normalized spacial score (nSPS) is 19.6. The Labute approximate surface area is 105 Å². The summed E-state index contributed by atoms with van der Waals surface area (Å²) < 4.78 is 5.64. The first-order chi connectivity index (χ1) is 8.43. The molecule has 0 bridgehead atoms. The standard InChI is InChI=1S/C12H26N2O.H4N2/c13-8-6-4-2-1-3-5-7-12-11-14-9-10-15-12;1-2/h12,14H,1-11,13H2;1-2H2. The van der Waals surface area contributed by atoms with Gasteiger partial charge in [0.05, 0.1) is 12.7 Å². The molecule has 17 heavy (non-hydrogen) atoms. The van der Waals surface area contributed by atoms with E-state index in [1.54, 1.807) is 0 Å². The van der Waals surface area contributed by atoms with Crippen molar-refractivity contribution in [2.24, 2.45) is 17.4 Å². The van der Waals surface area contributed by atoms with Gasteiger partial charge < -0.3 is 15.8 Å². The van der Waals surface area contributed by atoms with Gasteiger partial charge >= 0.3 is 0 Å². The van der Waals surface area contributed by atoms with Crippen molar-refractivity contribution in [3.05, 3.63) is 0 Å². The predicted molar refractivity (Wildman–Crippen MR) is 72.4 cm³/mol. The zero-order chi connectivity index (χ0) is 12.8. The maximum absolute atomic E-state index is 5.64. The molecule has 1 aliphatic rings. The summed E-state index contributed by atoms with van der Waals surface area (Å²) in [5.74, 6) is 8.00. The number of rotatable bonds is 8. The van der Waals surface area contributed by atoms with E-state index in [4.69, 9.17) is 10.5 Å². The summed E-state index contributed by atoms with van der Waals surface area (Å²) >= 11 is 0. The molecule has 1 saturated heterocycles. The van der Waals surface area contributed by atoms with Crippen molar-refractivity contribution >= 4 is 0 Å². The number of morpholine rings is 1. The molecule has 5 nitrogen and oxygen atoms in total. The number of ether oxygens (including phenoxy) is 1. The fourth-order valence-electron chi connectivity index (χ4n) is 2.03. The third kappa shape index (κ3) is 10.7. The number of unbranched alkanes of at least 4 members (excludes halogenated alkanes) is 5. The van der Waals surface area contributed by atoms with Crippen LogP contribution in [-0.2, 0) is 4.74 Å². The largest absolute Gasteiger partial charge is 0.376 e. The average Bonchev–Trinajstić information content (AvgIpc) is 2.41. The Morgan fingerprint density at radius 2 is 1.65 bits per heavy atom. The first-order valence-corrected chi connectivity index (χ1v) is 6.79. The summed E-state index contributed by atoms with van der Waals surface area (Å²) in [7, 11) is 0. The number of hydrogen-bond acceptors (Lipinski definition) is 5. The molecule has 5 heteroatoms. The van der Waals surface area contributed by atoms with Gasteiger partial charge in [0.1, 0.15) is 0 Å². The highest BCUT2D eigenvalue weighted by Gasteiger charge is 2.11. The van der Waals surface area contributed by atoms with Crippen LogP contribution in [0.25, 0.3) is 0 Å². The lowest BCUT2D eigenvalue weighted by atomic mass is 10.1. The van der Waals surface area contributed by atoms with Gasteiger partial charge in [0.15, 0.2) is 0 Å². The molecule has 0 aromatic carbocycles. The summed E-state index contributed by atoms with van der Waals surface area (Å²) in [6.45, 7) is 3.81. The first-order valence-electron chi connectivity index (χ1n) is 6.79. The molecule has 0 aromatic heterocycles. The van der Waals surface area contributed by atoms with Crippen LogP contribution in [0.5, 0.6) is 0 Å². The van der Waals surface area contributed by atoms with Crippen LogP contribution < -0.4 is 22.7 Å². The summed E-state index contributed by atoms with van der Waals surface area (Å²) in [5.41, 5.74) is 5.44. The Bertz CT molecular complexity index is 140. The van der Waals surface area contributed by atoms with E-state index in [-0.39, 0.29) is 0 Å². The topological polar surface area (TPSA) is 99.3 Å². The van der Waals surface area contributed by atoms with E-state index < -0.39 is 0 Å². The number of hydrazine groups is 1. The monoisotopic (exact) mass is 246 g/mol. The maximum atomic E-state index is 5.64. The van der Waals surface area contributed by atoms with Gasteiger partial charge in [-0.2, -0.15) is 0 Å². The number of hydrogen-bond donors (Lipinski definition) is 4. The second-order valence-corrected chi connectivity index (χ2v) is 4.40. The first kappa shape index (κ1) is 16.8. The molecule has 104 valence electrons. The van der Waals surface area contributed by atoms with Crippen LogP contribution in [0.15, 0.2) is 0 Å². The third-order valence-electron chi connectivity index (χ3n) is 2.98. The van der Waals surface area contributed by atoms with Gasteiger partial charge in [0, 0.05) is 13.1 Å². The molecule has 1 fully saturated rings. The Hall–Kier alpha value is -0.200. The molecule has 1 unspecified atom stereocenters. The minimum atomic E-state index is 0.475. The van der Waals surface area contributed by atoms with Crippen LogP contribution in [0.4, 0.5) is 0 Å². The lowest BCUT2D eigenvalue weighted by Crippen LogP contribution is -2.38. The molecule has 7 N–H and O–H groups in total. The Balaban J connectivity index is 0.00000121. The van der Waals surface area contributed by atoms with Gasteiger partial charge in [0.2, 0.25) is 0 Å². The van der Waals surface area contributed by atoms with Crippen molar-refractivity contribution in [1.29, 1.82) is 0 Å². The second kappa shape index (κ2) is 13.9. The Morgan fingerprint density at radius 3 is 2.24 bits per heavy atom. The predicted octanol–water partition coefficient (Wildman–Crippen LogP) is 0.483. The maximum Gasteiger partial charge on any atom is 0.0700 e. The Morgan fingerprint density at radius 1 is 1.00 bits per heavy atom. The quantitative estimate of drug-likeness (QED) is 0.284. The van der Waals surface area contributed by atoms with E-state index in [1.165, 1.54) is 44.9 Å². The van der Waals surface area contributed by atoms with Crippen molar-refractivity contribution in [2.75, 3.05) is 26.2 Å². The zero-order valence-electron chi connectivity index (χ0n) is 11.0.